The van der Waals surface area contributed by atoms with Gasteiger partial charge in [-0.25, -0.2) is 4.39 Å². The minimum Gasteiger partial charge on any atom is -0.496 e. The van der Waals surface area contributed by atoms with E-state index in [0.29, 0.717) is 17.4 Å². The van der Waals surface area contributed by atoms with E-state index in [1.165, 1.54) is 12.1 Å². The topological polar surface area (TPSA) is 26.3 Å². The summed E-state index contributed by atoms with van der Waals surface area (Å²) in [6.45, 7) is 3.80. The number of methoxy groups -OCH3 is 1. The van der Waals surface area contributed by atoms with Gasteiger partial charge in [0.2, 0.25) is 0 Å². The van der Waals surface area contributed by atoms with Gasteiger partial charge in [-0.1, -0.05) is 0 Å². The maximum absolute atomic E-state index is 13.9. The van der Waals surface area contributed by atoms with Crippen LogP contribution in [0.4, 0.5) is 4.39 Å². The maximum Gasteiger partial charge on any atom is 0.150 e. The van der Waals surface area contributed by atoms with Crippen molar-refractivity contribution in [2.24, 2.45) is 0 Å². The third kappa shape index (κ3) is 2.50. The van der Waals surface area contributed by atoms with Crippen LogP contribution in [0.1, 0.15) is 21.5 Å². The van der Waals surface area contributed by atoms with Crippen LogP contribution in [0.15, 0.2) is 30.3 Å². The lowest BCUT2D eigenvalue weighted by atomic mass is 9.96. The molecule has 0 bridgehead atoms. The van der Waals surface area contributed by atoms with Crippen LogP contribution >= 0.6 is 0 Å². The highest BCUT2D eigenvalue weighted by Gasteiger charge is 2.11. The number of aldehydes is 1. The Bertz CT molecular complexity index is 633. The molecule has 0 radical (unpaired) electrons. The zero-order chi connectivity index (χ0) is 14.0. The molecule has 0 saturated carbocycles. The van der Waals surface area contributed by atoms with E-state index in [4.69, 9.17) is 4.74 Å². The highest BCUT2D eigenvalue weighted by atomic mass is 19.1. The molecule has 2 nitrogen and oxygen atoms in total. The van der Waals surface area contributed by atoms with Gasteiger partial charge in [0.1, 0.15) is 17.9 Å². The van der Waals surface area contributed by atoms with Gasteiger partial charge in [0.15, 0.2) is 0 Å². The highest BCUT2D eigenvalue weighted by molar-refractivity contribution is 5.80. The molecule has 0 N–H and O–H groups in total. The summed E-state index contributed by atoms with van der Waals surface area (Å²) in [4.78, 5) is 10.8. The SMILES string of the molecule is COc1cc(C)c(-c2cc(C=O)ccc2F)cc1C. The van der Waals surface area contributed by atoms with Crippen molar-refractivity contribution in [1.82, 2.24) is 0 Å². The average molecular weight is 258 g/mol. The number of rotatable bonds is 3. The van der Waals surface area contributed by atoms with Crippen molar-refractivity contribution in [3.63, 3.8) is 0 Å². The van der Waals surface area contributed by atoms with Crippen LogP contribution < -0.4 is 4.74 Å². The number of hydrogen-bond donors (Lipinski definition) is 0. The summed E-state index contributed by atoms with van der Waals surface area (Å²) in [5.41, 5.74) is 3.51. The summed E-state index contributed by atoms with van der Waals surface area (Å²) in [5.74, 6) is 0.437. The Labute approximate surface area is 111 Å². The number of aryl methyl sites for hydroxylation is 2. The summed E-state index contributed by atoms with van der Waals surface area (Å²) >= 11 is 0. The maximum atomic E-state index is 13.9. The van der Waals surface area contributed by atoms with Crippen molar-refractivity contribution in [3.05, 3.63) is 52.8 Å². The molecule has 0 aromatic heterocycles. The number of carbonyl (C=O) groups excluding carboxylic acids is 1. The smallest absolute Gasteiger partial charge is 0.150 e. The van der Waals surface area contributed by atoms with Crippen LogP contribution in [0.25, 0.3) is 11.1 Å². The van der Waals surface area contributed by atoms with E-state index < -0.39 is 0 Å². The third-order valence-electron chi connectivity index (χ3n) is 3.16. The molecule has 0 aliphatic rings. The lowest BCUT2D eigenvalue weighted by molar-refractivity contribution is 0.112. The highest BCUT2D eigenvalue weighted by Crippen LogP contribution is 2.31. The van der Waals surface area contributed by atoms with Crippen molar-refractivity contribution in [1.29, 1.82) is 0 Å². The molecule has 2 rings (SSSR count). The van der Waals surface area contributed by atoms with Crippen molar-refractivity contribution in [2.75, 3.05) is 7.11 Å². The number of benzene rings is 2. The standard InChI is InChI=1S/C16H15FO2/c1-10-7-16(19-3)11(2)6-13(10)14-8-12(9-18)4-5-15(14)17/h4-9H,1-3H3. The van der Waals surface area contributed by atoms with Gasteiger partial charge in [-0.3, -0.25) is 4.79 Å². The van der Waals surface area contributed by atoms with Gasteiger partial charge in [-0.15, -0.1) is 0 Å². The van der Waals surface area contributed by atoms with Crippen molar-refractivity contribution in [3.8, 4) is 16.9 Å². The third-order valence-corrected chi connectivity index (χ3v) is 3.16. The molecule has 0 saturated heterocycles. The van der Waals surface area contributed by atoms with Crippen molar-refractivity contribution >= 4 is 6.29 Å². The van der Waals surface area contributed by atoms with E-state index in [0.717, 1.165) is 22.4 Å². The van der Waals surface area contributed by atoms with Crippen LogP contribution in [0.5, 0.6) is 5.75 Å². The molecule has 0 fully saturated rings. The first kappa shape index (κ1) is 13.3. The van der Waals surface area contributed by atoms with E-state index in [9.17, 15) is 9.18 Å². The fraction of sp³-hybridized carbons (Fsp3) is 0.188. The molecule has 0 aliphatic carbocycles. The zero-order valence-electron chi connectivity index (χ0n) is 11.2. The fourth-order valence-corrected chi connectivity index (χ4v) is 2.12. The van der Waals surface area contributed by atoms with Gasteiger partial charge in [0.05, 0.1) is 7.11 Å². The van der Waals surface area contributed by atoms with Gasteiger partial charge >= 0.3 is 0 Å². The molecule has 3 heteroatoms. The Morgan fingerprint density at radius 1 is 1.05 bits per heavy atom. The second-order valence-electron chi connectivity index (χ2n) is 4.49. The molecule has 2 aromatic rings. The minimum atomic E-state index is -0.335. The normalized spacial score (nSPS) is 10.3. The molecule has 0 unspecified atom stereocenters. The molecule has 0 spiro atoms. The first-order chi connectivity index (χ1) is 9.06. The molecule has 0 heterocycles. The number of hydrogen-bond acceptors (Lipinski definition) is 2. The van der Waals surface area contributed by atoms with Gasteiger partial charge < -0.3 is 4.74 Å². The Kier molecular flexibility index (Phi) is 3.65. The van der Waals surface area contributed by atoms with E-state index >= 15 is 0 Å². The first-order valence-electron chi connectivity index (χ1n) is 5.97. The Hall–Kier alpha value is -2.16. The Morgan fingerprint density at radius 3 is 2.42 bits per heavy atom. The van der Waals surface area contributed by atoms with Crippen LogP contribution in [0, 0.1) is 19.7 Å². The summed E-state index contributed by atoms with van der Waals surface area (Å²) in [5, 5.41) is 0. The van der Waals surface area contributed by atoms with Gasteiger partial charge in [0.25, 0.3) is 0 Å². The molecule has 0 atom stereocenters. The predicted octanol–water partition coefficient (Wildman–Crippen LogP) is 3.93. The molecule has 0 amide bonds. The van der Waals surface area contributed by atoms with Gasteiger partial charge in [-0.2, -0.15) is 0 Å². The average Bonchev–Trinajstić information content (AvgIpc) is 2.41. The lowest BCUT2D eigenvalue weighted by Crippen LogP contribution is -1.94. The van der Waals surface area contributed by atoms with Crippen LogP contribution in [-0.4, -0.2) is 13.4 Å². The molecule has 98 valence electrons. The minimum absolute atomic E-state index is 0.335. The quantitative estimate of drug-likeness (QED) is 0.780. The number of carbonyl (C=O) groups is 1. The Balaban J connectivity index is 2.65. The lowest BCUT2D eigenvalue weighted by Gasteiger charge is -2.12. The summed E-state index contributed by atoms with van der Waals surface area (Å²) in [6.07, 6.45) is 0.717. The number of ether oxygens (including phenoxy) is 1. The molecular formula is C16H15FO2. The van der Waals surface area contributed by atoms with E-state index in [1.807, 2.05) is 26.0 Å². The van der Waals surface area contributed by atoms with Crippen molar-refractivity contribution in [2.45, 2.75) is 13.8 Å². The van der Waals surface area contributed by atoms with E-state index in [-0.39, 0.29) is 5.82 Å². The van der Waals surface area contributed by atoms with E-state index in [2.05, 4.69) is 0 Å². The Morgan fingerprint density at radius 2 is 1.79 bits per heavy atom. The van der Waals surface area contributed by atoms with Crippen LogP contribution in [0.2, 0.25) is 0 Å². The summed E-state index contributed by atoms with van der Waals surface area (Å²) in [6, 6.07) is 8.10. The van der Waals surface area contributed by atoms with E-state index in [1.54, 1.807) is 13.2 Å². The summed E-state index contributed by atoms with van der Waals surface area (Å²) in [7, 11) is 1.61. The second kappa shape index (κ2) is 5.22. The monoisotopic (exact) mass is 258 g/mol. The molecule has 0 aliphatic heterocycles. The predicted molar refractivity (Wildman–Crippen MR) is 73.2 cm³/mol. The fourth-order valence-electron chi connectivity index (χ4n) is 2.12. The largest absolute Gasteiger partial charge is 0.496 e. The van der Waals surface area contributed by atoms with Crippen LogP contribution in [0.3, 0.4) is 0 Å². The molecule has 2 aromatic carbocycles. The molecular weight excluding hydrogens is 243 g/mol. The van der Waals surface area contributed by atoms with Crippen molar-refractivity contribution < 1.29 is 13.9 Å². The summed E-state index contributed by atoms with van der Waals surface area (Å²) < 4.78 is 19.2. The van der Waals surface area contributed by atoms with Crippen LogP contribution in [-0.2, 0) is 0 Å². The second-order valence-corrected chi connectivity index (χ2v) is 4.49. The van der Waals surface area contributed by atoms with Gasteiger partial charge in [-0.05, 0) is 60.9 Å². The molecule has 19 heavy (non-hydrogen) atoms. The number of halogens is 1. The zero-order valence-corrected chi connectivity index (χ0v) is 11.2. The first-order valence-corrected chi connectivity index (χ1v) is 5.97. The van der Waals surface area contributed by atoms with Gasteiger partial charge in [0, 0.05) is 11.1 Å².